The summed E-state index contributed by atoms with van der Waals surface area (Å²) in [7, 11) is 0. The van der Waals surface area contributed by atoms with Gasteiger partial charge in [0.2, 0.25) is 0 Å². The first kappa shape index (κ1) is 12.2. The van der Waals surface area contributed by atoms with Crippen molar-refractivity contribution >= 4 is 17.3 Å². The van der Waals surface area contributed by atoms with Gasteiger partial charge < -0.3 is 4.74 Å². The Hall–Kier alpha value is -2.26. The van der Waals surface area contributed by atoms with Gasteiger partial charge in [-0.1, -0.05) is 0 Å². The fraction of sp³-hybridized carbons (Fsp3) is 0.167. The number of ether oxygens (including phenoxy) is 1. The normalized spacial score (nSPS) is 9.78. The standard InChI is InChI=1S/C12H9N3O2S/c1-2-17-12(16)10-7-18-11(15-10)8-3-4-9(5-13)14-6-8/h3-4,6-7H,2H2,1H3. The molecule has 2 aromatic rings. The Balaban J connectivity index is 2.24. The third-order valence-electron chi connectivity index (χ3n) is 2.11. The van der Waals surface area contributed by atoms with Crippen molar-refractivity contribution in [2.24, 2.45) is 0 Å². The molecule has 0 atom stereocenters. The van der Waals surface area contributed by atoms with Crippen molar-refractivity contribution < 1.29 is 9.53 Å². The molecule has 0 spiro atoms. The number of carbonyl (C=O) groups excluding carboxylic acids is 1. The van der Waals surface area contributed by atoms with Crippen molar-refractivity contribution in [2.75, 3.05) is 6.61 Å². The minimum atomic E-state index is -0.429. The van der Waals surface area contributed by atoms with Crippen LogP contribution in [0.3, 0.4) is 0 Å². The Bertz CT molecular complexity index is 599. The summed E-state index contributed by atoms with van der Waals surface area (Å²) < 4.78 is 4.86. The lowest BCUT2D eigenvalue weighted by Gasteiger charge is -1.97. The van der Waals surface area contributed by atoms with E-state index >= 15 is 0 Å². The molecule has 18 heavy (non-hydrogen) atoms. The predicted octanol–water partition coefficient (Wildman–Crippen LogP) is 2.25. The van der Waals surface area contributed by atoms with Crippen LogP contribution in [0.15, 0.2) is 23.7 Å². The second kappa shape index (κ2) is 5.38. The highest BCUT2D eigenvalue weighted by molar-refractivity contribution is 7.13. The number of rotatable bonds is 3. The Morgan fingerprint density at radius 1 is 1.56 bits per heavy atom. The maximum absolute atomic E-state index is 11.5. The molecule has 0 aromatic carbocycles. The van der Waals surface area contributed by atoms with E-state index < -0.39 is 5.97 Å². The first-order valence-corrected chi connectivity index (χ1v) is 6.11. The maximum atomic E-state index is 11.5. The van der Waals surface area contributed by atoms with Crippen molar-refractivity contribution in [2.45, 2.75) is 6.92 Å². The third-order valence-corrected chi connectivity index (χ3v) is 3.01. The van der Waals surface area contributed by atoms with Gasteiger partial charge in [0.15, 0.2) is 5.69 Å². The highest BCUT2D eigenvalue weighted by atomic mass is 32.1. The quantitative estimate of drug-likeness (QED) is 0.790. The smallest absolute Gasteiger partial charge is 0.357 e. The molecule has 0 bridgehead atoms. The Labute approximate surface area is 108 Å². The minimum Gasteiger partial charge on any atom is -0.461 e. The summed E-state index contributed by atoms with van der Waals surface area (Å²) >= 11 is 1.34. The lowest BCUT2D eigenvalue weighted by molar-refractivity contribution is 0.0520. The van der Waals surface area contributed by atoms with Gasteiger partial charge in [0.1, 0.15) is 16.8 Å². The number of nitriles is 1. The second-order valence-corrected chi connectivity index (χ2v) is 4.16. The zero-order chi connectivity index (χ0) is 13.0. The molecule has 0 amide bonds. The van der Waals surface area contributed by atoms with E-state index in [2.05, 4.69) is 9.97 Å². The van der Waals surface area contributed by atoms with E-state index in [0.717, 1.165) is 5.56 Å². The van der Waals surface area contributed by atoms with Crippen LogP contribution in [0.1, 0.15) is 23.1 Å². The zero-order valence-electron chi connectivity index (χ0n) is 9.58. The first-order chi connectivity index (χ1) is 8.74. The first-order valence-electron chi connectivity index (χ1n) is 5.23. The zero-order valence-corrected chi connectivity index (χ0v) is 10.4. The summed E-state index contributed by atoms with van der Waals surface area (Å²) in [4.78, 5) is 19.6. The summed E-state index contributed by atoms with van der Waals surface area (Å²) in [5.74, 6) is -0.429. The maximum Gasteiger partial charge on any atom is 0.357 e. The van der Waals surface area contributed by atoms with E-state index in [1.54, 1.807) is 30.6 Å². The number of aromatic nitrogens is 2. The molecule has 2 rings (SSSR count). The number of esters is 1. The molecule has 0 radical (unpaired) electrons. The van der Waals surface area contributed by atoms with Gasteiger partial charge in [-0.3, -0.25) is 0 Å². The van der Waals surface area contributed by atoms with Gasteiger partial charge in [0.05, 0.1) is 6.61 Å². The Morgan fingerprint density at radius 3 is 3.00 bits per heavy atom. The van der Waals surface area contributed by atoms with Gasteiger partial charge in [-0.2, -0.15) is 5.26 Å². The molecule has 0 N–H and O–H groups in total. The lowest BCUT2D eigenvalue weighted by atomic mass is 10.2. The van der Waals surface area contributed by atoms with E-state index in [9.17, 15) is 4.79 Å². The average Bonchev–Trinajstić information content (AvgIpc) is 2.89. The monoisotopic (exact) mass is 259 g/mol. The lowest BCUT2D eigenvalue weighted by Crippen LogP contribution is -2.04. The van der Waals surface area contributed by atoms with Crippen LogP contribution in [0.2, 0.25) is 0 Å². The molecule has 0 saturated heterocycles. The molecule has 0 fully saturated rings. The van der Waals surface area contributed by atoms with Crippen molar-refractivity contribution in [3.8, 4) is 16.6 Å². The largest absolute Gasteiger partial charge is 0.461 e. The van der Waals surface area contributed by atoms with E-state index in [-0.39, 0.29) is 0 Å². The van der Waals surface area contributed by atoms with Crippen LogP contribution in [-0.4, -0.2) is 22.5 Å². The summed E-state index contributed by atoms with van der Waals surface area (Å²) in [6.07, 6.45) is 1.56. The van der Waals surface area contributed by atoms with Crippen LogP contribution in [0.5, 0.6) is 0 Å². The number of pyridine rings is 1. The number of hydrogen-bond donors (Lipinski definition) is 0. The van der Waals surface area contributed by atoms with Crippen LogP contribution in [0.25, 0.3) is 10.6 Å². The van der Waals surface area contributed by atoms with Crippen LogP contribution < -0.4 is 0 Å². The minimum absolute atomic E-state index is 0.293. The van der Waals surface area contributed by atoms with Crippen molar-refractivity contribution in [3.63, 3.8) is 0 Å². The van der Waals surface area contributed by atoms with Crippen molar-refractivity contribution in [1.82, 2.24) is 9.97 Å². The van der Waals surface area contributed by atoms with Crippen LogP contribution in [-0.2, 0) is 4.74 Å². The third kappa shape index (κ3) is 2.52. The summed E-state index contributed by atoms with van der Waals surface area (Å²) in [5.41, 5.74) is 1.41. The highest BCUT2D eigenvalue weighted by Crippen LogP contribution is 2.23. The molecule has 0 aliphatic rings. The van der Waals surface area contributed by atoms with E-state index in [1.807, 2.05) is 6.07 Å². The summed E-state index contributed by atoms with van der Waals surface area (Å²) in [6.45, 7) is 2.07. The van der Waals surface area contributed by atoms with Crippen LogP contribution in [0.4, 0.5) is 0 Å². The molecule has 0 saturated carbocycles. The van der Waals surface area contributed by atoms with Crippen LogP contribution >= 0.6 is 11.3 Å². The van der Waals surface area contributed by atoms with Gasteiger partial charge in [0.25, 0.3) is 0 Å². The summed E-state index contributed by atoms with van der Waals surface area (Å²) in [5, 5.41) is 11.0. The van der Waals surface area contributed by atoms with Gasteiger partial charge >= 0.3 is 5.97 Å². The number of carbonyl (C=O) groups is 1. The van der Waals surface area contributed by atoms with Gasteiger partial charge in [-0.05, 0) is 19.1 Å². The van der Waals surface area contributed by atoms with E-state index in [1.165, 1.54) is 11.3 Å². The topological polar surface area (TPSA) is 75.9 Å². The number of nitrogens with zero attached hydrogens (tertiary/aromatic N) is 3. The fourth-order valence-electron chi connectivity index (χ4n) is 1.29. The molecule has 5 nitrogen and oxygen atoms in total. The average molecular weight is 259 g/mol. The molecule has 0 aliphatic heterocycles. The molecule has 90 valence electrons. The van der Waals surface area contributed by atoms with Gasteiger partial charge in [-0.15, -0.1) is 11.3 Å². The van der Waals surface area contributed by atoms with Crippen LogP contribution in [0, 0.1) is 11.3 Å². The van der Waals surface area contributed by atoms with Crippen molar-refractivity contribution in [3.05, 3.63) is 35.1 Å². The molecule has 2 heterocycles. The Kier molecular flexibility index (Phi) is 3.65. The van der Waals surface area contributed by atoms with E-state index in [4.69, 9.17) is 10.00 Å². The van der Waals surface area contributed by atoms with Gasteiger partial charge in [0, 0.05) is 17.1 Å². The second-order valence-electron chi connectivity index (χ2n) is 3.30. The fourth-order valence-corrected chi connectivity index (χ4v) is 2.07. The number of hydrogen-bond acceptors (Lipinski definition) is 6. The Morgan fingerprint density at radius 2 is 2.39 bits per heavy atom. The number of thiazole rings is 1. The molecular formula is C12H9N3O2S. The molecule has 6 heteroatoms. The van der Waals surface area contributed by atoms with Gasteiger partial charge in [-0.25, -0.2) is 14.8 Å². The molecule has 0 aliphatic carbocycles. The molecular weight excluding hydrogens is 250 g/mol. The van der Waals surface area contributed by atoms with Crippen molar-refractivity contribution in [1.29, 1.82) is 5.26 Å². The predicted molar refractivity (Wildman–Crippen MR) is 66.0 cm³/mol. The van der Waals surface area contributed by atoms with E-state index in [0.29, 0.717) is 23.0 Å². The summed E-state index contributed by atoms with van der Waals surface area (Å²) in [6, 6.07) is 5.30. The SMILES string of the molecule is CCOC(=O)c1csc(-c2ccc(C#N)nc2)n1. The molecule has 2 aromatic heterocycles. The highest BCUT2D eigenvalue weighted by Gasteiger charge is 2.12. The molecule has 0 unspecified atom stereocenters.